The molecule has 1 aliphatic heterocycles. The van der Waals surface area contributed by atoms with Gasteiger partial charge in [-0.05, 0) is 32.4 Å². The van der Waals surface area contributed by atoms with Crippen LogP contribution in [0.3, 0.4) is 0 Å². The fraction of sp³-hybridized carbons (Fsp3) is 0.353. The Kier molecular flexibility index (Phi) is 4.62. The summed E-state index contributed by atoms with van der Waals surface area (Å²) < 4.78 is 0. The second-order valence-corrected chi connectivity index (χ2v) is 7.09. The molecule has 6 nitrogen and oxygen atoms in total. The normalized spacial score (nSPS) is 20.5. The first-order chi connectivity index (χ1) is 11.5. The highest BCUT2D eigenvalue weighted by Crippen LogP contribution is 2.33. The number of aromatic nitrogens is 3. The average Bonchev–Trinajstić information content (AvgIpc) is 2.55. The molecule has 3 heterocycles. The fourth-order valence-corrected chi connectivity index (χ4v) is 3.52. The molecule has 0 bridgehead atoms. The maximum atomic E-state index is 12.4. The van der Waals surface area contributed by atoms with Crippen LogP contribution >= 0.6 is 11.8 Å². The first-order valence-electron chi connectivity index (χ1n) is 7.73. The van der Waals surface area contributed by atoms with Crippen LogP contribution in [0.15, 0.2) is 35.6 Å². The zero-order valence-electron chi connectivity index (χ0n) is 13.7. The molecule has 2 N–H and O–H groups in total. The Labute approximate surface area is 145 Å². The van der Waals surface area contributed by atoms with Crippen molar-refractivity contribution in [3.8, 4) is 0 Å². The third-order valence-electron chi connectivity index (χ3n) is 3.96. The van der Waals surface area contributed by atoms with Gasteiger partial charge in [0.25, 0.3) is 0 Å². The summed E-state index contributed by atoms with van der Waals surface area (Å²) in [7, 11) is 0. The van der Waals surface area contributed by atoms with Gasteiger partial charge in [-0.15, -0.1) is 0 Å². The number of nitrogens with two attached hydrogens (primary N) is 1. The van der Waals surface area contributed by atoms with Crippen LogP contribution in [0, 0.1) is 6.92 Å². The molecular formula is C17H19N5OS. The largest absolute Gasteiger partial charge is 0.379 e. The topological polar surface area (TPSA) is 94.1 Å². The molecule has 0 unspecified atom stereocenters. The van der Waals surface area contributed by atoms with E-state index in [4.69, 9.17) is 5.73 Å². The van der Waals surface area contributed by atoms with Crippen LogP contribution in [0.5, 0.6) is 0 Å². The standard InChI is InChI=1S/C17H19N5OS/c1-11-9-20-13(10-19-11)14(23)8-12-4-3-5-15(21-12)17(2)6-7-24-16(18)22-17/h3-5,9-10H,6-8H2,1-2H3,(H2,18,22)/t17-/m0/s1. The van der Waals surface area contributed by atoms with Crippen molar-refractivity contribution in [3.05, 3.63) is 53.4 Å². The molecule has 24 heavy (non-hydrogen) atoms. The lowest BCUT2D eigenvalue weighted by molar-refractivity contribution is 0.0986. The molecule has 0 radical (unpaired) electrons. The first kappa shape index (κ1) is 16.6. The summed E-state index contributed by atoms with van der Waals surface area (Å²) in [4.78, 5) is 29.8. The molecule has 0 saturated heterocycles. The molecule has 0 spiro atoms. The van der Waals surface area contributed by atoms with Gasteiger partial charge < -0.3 is 5.73 Å². The number of hydrogen-bond donors (Lipinski definition) is 1. The summed E-state index contributed by atoms with van der Waals surface area (Å²) in [6, 6.07) is 5.69. The highest BCUT2D eigenvalue weighted by Gasteiger charge is 2.31. The molecular weight excluding hydrogens is 322 g/mol. The van der Waals surface area contributed by atoms with Gasteiger partial charge in [-0.3, -0.25) is 14.8 Å². The van der Waals surface area contributed by atoms with Crippen LogP contribution in [0.1, 0.15) is 40.9 Å². The highest BCUT2D eigenvalue weighted by molar-refractivity contribution is 8.13. The van der Waals surface area contributed by atoms with E-state index in [2.05, 4.69) is 19.9 Å². The number of aryl methyl sites for hydroxylation is 1. The summed E-state index contributed by atoms with van der Waals surface area (Å²) >= 11 is 1.56. The molecule has 0 amide bonds. The number of rotatable bonds is 4. The lowest BCUT2D eigenvalue weighted by Crippen LogP contribution is -2.30. The number of aliphatic imine (C=N–C) groups is 1. The summed E-state index contributed by atoms with van der Waals surface area (Å²) in [5.74, 6) is 0.815. The third-order valence-corrected chi connectivity index (χ3v) is 4.76. The Balaban J connectivity index is 1.82. The minimum atomic E-state index is -0.432. The summed E-state index contributed by atoms with van der Waals surface area (Å²) in [5.41, 5.74) is 8.12. The van der Waals surface area contributed by atoms with Crippen molar-refractivity contribution >= 4 is 22.7 Å². The number of ketones is 1. The SMILES string of the molecule is Cc1cnc(C(=O)Cc2cccc([C@]3(C)CCSC(N)=N3)n2)cn1. The quantitative estimate of drug-likeness (QED) is 0.857. The maximum Gasteiger partial charge on any atom is 0.188 e. The predicted molar refractivity (Wildman–Crippen MR) is 95.1 cm³/mol. The van der Waals surface area contributed by atoms with Gasteiger partial charge in [0.15, 0.2) is 11.0 Å². The molecule has 1 atom stereocenters. The van der Waals surface area contributed by atoms with E-state index in [9.17, 15) is 4.79 Å². The molecule has 3 rings (SSSR count). The number of carbonyl (C=O) groups excluding carboxylic acids is 1. The average molecular weight is 341 g/mol. The molecule has 0 saturated carbocycles. The van der Waals surface area contributed by atoms with E-state index >= 15 is 0 Å². The van der Waals surface area contributed by atoms with E-state index in [0.717, 1.165) is 23.6 Å². The van der Waals surface area contributed by atoms with Gasteiger partial charge in [-0.2, -0.15) is 0 Å². The first-order valence-corrected chi connectivity index (χ1v) is 8.71. The van der Waals surface area contributed by atoms with E-state index in [1.165, 1.54) is 6.20 Å². The molecule has 0 aromatic carbocycles. The van der Waals surface area contributed by atoms with E-state index in [-0.39, 0.29) is 12.2 Å². The Hall–Kier alpha value is -2.28. The minimum Gasteiger partial charge on any atom is -0.379 e. The molecule has 2 aromatic heterocycles. The molecule has 7 heteroatoms. The van der Waals surface area contributed by atoms with Gasteiger partial charge in [0.1, 0.15) is 11.2 Å². The van der Waals surface area contributed by atoms with Crippen LogP contribution in [0.4, 0.5) is 0 Å². The number of amidine groups is 1. The smallest absolute Gasteiger partial charge is 0.188 e. The van der Waals surface area contributed by atoms with Crippen molar-refractivity contribution in [3.63, 3.8) is 0 Å². The second-order valence-electron chi connectivity index (χ2n) is 5.98. The van der Waals surface area contributed by atoms with Crippen molar-refractivity contribution in [1.82, 2.24) is 15.0 Å². The van der Waals surface area contributed by atoms with Crippen molar-refractivity contribution < 1.29 is 4.79 Å². The van der Waals surface area contributed by atoms with Crippen LogP contribution in [0.2, 0.25) is 0 Å². The predicted octanol–water partition coefficient (Wildman–Crippen LogP) is 2.27. The zero-order chi connectivity index (χ0) is 17.2. The van der Waals surface area contributed by atoms with Crippen molar-refractivity contribution in [2.75, 3.05) is 5.75 Å². The van der Waals surface area contributed by atoms with Gasteiger partial charge in [0, 0.05) is 17.6 Å². The molecule has 1 aliphatic rings. The fourth-order valence-electron chi connectivity index (χ4n) is 2.54. The van der Waals surface area contributed by atoms with Crippen LogP contribution in [-0.4, -0.2) is 31.7 Å². The van der Waals surface area contributed by atoms with Gasteiger partial charge >= 0.3 is 0 Å². The van der Waals surface area contributed by atoms with E-state index < -0.39 is 5.54 Å². The van der Waals surface area contributed by atoms with Gasteiger partial charge in [0.2, 0.25) is 0 Å². The van der Waals surface area contributed by atoms with E-state index in [1.54, 1.807) is 18.0 Å². The lowest BCUT2D eigenvalue weighted by atomic mass is 9.94. The van der Waals surface area contributed by atoms with Crippen molar-refractivity contribution in [2.24, 2.45) is 10.7 Å². The highest BCUT2D eigenvalue weighted by atomic mass is 32.2. The summed E-state index contributed by atoms with van der Waals surface area (Å²) in [6.07, 6.45) is 4.16. The molecule has 0 fully saturated rings. The van der Waals surface area contributed by atoms with Crippen LogP contribution < -0.4 is 5.73 Å². The number of carbonyl (C=O) groups is 1. The number of thioether (sulfide) groups is 1. The van der Waals surface area contributed by atoms with Crippen LogP contribution in [0.25, 0.3) is 0 Å². The Morgan fingerprint density at radius 3 is 2.88 bits per heavy atom. The number of hydrogen-bond acceptors (Lipinski definition) is 7. The Morgan fingerprint density at radius 2 is 2.17 bits per heavy atom. The maximum absolute atomic E-state index is 12.4. The van der Waals surface area contributed by atoms with E-state index in [1.807, 2.05) is 32.0 Å². The Bertz CT molecular complexity index is 790. The van der Waals surface area contributed by atoms with Crippen LogP contribution in [-0.2, 0) is 12.0 Å². The zero-order valence-corrected chi connectivity index (χ0v) is 14.5. The molecule has 2 aromatic rings. The van der Waals surface area contributed by atoms with Crippen molar-refractivity contribution in [1.29, 1.82) is 0 Å². The lowest BCUT2D eigenvalue weighted by Gasteiger charge is -2.28. The third kappa shape index (κ3) is 3.62. The number of Topliss-reactive ketones (excluding diaryl/α,β-unsaturated/α-hetero) is 1. The summed E-state index contributed by atoms with van der Waals surface area (Å²) in [6.45, 7) is 3.86. The van der Waals surface area contributed by atoms with E-state index in [0.29, 0.717) is 16.6 Å². The monoisotopic (exact) mass is 341 g/mol. The second kappa shape index (κ2) is 6.68. The van der Waals surface area contributed by atoms with Gasteiger partial charge in [0.05, 0.1) is 24.0 Å². The van der Waals surface area contributed by atoms with Gasteiger partial charge in [-0.1, -0.05) is 17.8 Å². The van der Waals surface area contributed by atoms with Crippen molar-refractivity contribution in [2.45, 2.75) is 32.2 Å². The minimum absolute atomic E-state index is 0.0977. The summed E-state index contributed by atoms with van der Waals surface area (Å²) in [5, 5.41) is 0.585. The van der Waals surface area contributed by atoms with Gasteiger partial charge in [-0.25, -0.2) is 9.98 Å². The molecule has 124 valence electrons. The number of pyridine rings is 1. The molecule has 0 aliphatic carbocycles. The Morgan fingerprint density at radius 1 is 1.33 bits per heavy atom. The number of nitrogens with zero attached hydrogens (tertiary/aromatic N) is 4.